The van der Waals surface area contributed by atoms with E-state index in [9.17, 15) is 4.79 Å². The molecular formula is C27H38N2O3. The SMILES string of the molecule is CCC/C=C\CCCC(=O)Oc1cnc(-c2ccc(CCCCCOCCC)cc2)nc1. The fourth-order valence-corrected chi connectivity index (χ4v) is 3.24. The maximum Gasteiger partial charge on any atom is 0.311 e. The molecule has 0 radical (unpaired) electrons. The summed E-state index contributed by atoms with van der Waals surface area (Å²) in [5.74, 6) is 0.775. The molecule has 1 aromatic heterocycles. The molecule has 0 unspecified atom stereocenters. The predicted octanol–water partition coefficient (Wildman–Crippen LogP) is 6.72. The monoisotopic (exact) mass is 438 g/mol. The van der Waals surface area contributed by atoms with Crippen LogP contribution < -0.4 is 4.74 Å². The molecule has 0 aliphatic rings. The highest BCUT2D eigenvalue weighted by molar-refractivity contribution is 5.72. The highest BCUT2D eigenvalue weighted by Gasteiger charge is 2.07. The van der Waals surface area contributed by atoms with Crippen molar-refractivity contribution in [1.29, 1.82) is 0 Å². The molecule has 0 saturated carbocycles. The Balaban J connectivity index is 1.71. The van der Waals surface area contributed by atoms with Crippen LogP contribution in [-0.2, 0) is 16.0 Å². The first-order valence-electron chi connectivity index (χ1n) is 12.1. The zero-order valence-electron chi connectivity index (χ0n) is 19.7. The Morgan fingerprint density at radius 1 is 0.875 bits per heavy atom. The minimum atomic E-state index is -0.244. The number of aromatic nitrogens is 2. The third-order valence-corrected chi connectivity index (χ3v) is 5.05. The third kappa shape index (κ3) is 10.7. The van der Waals surface area contributed by atoms with E-state index in [1.165, 1.54) is 18.4 Å². The van der Waals surface area contributed by atoms with Gasteiger partial charge in [-0.05, 0) is 50.5 Å². The number of allylic oxidation sites excluding steroid dienone is 2. The molecule has 174 valence electrons. The van der Waals surface area contributed by atoms with Gasteiger partial charge in [-0.3, -0.25) is 4.79 Å². The van der Waals surface area contributed by atoms with Crippen molar-refractivity contribution in [3.05, 3.63) is 54.4 Å². The van der Waals surface area contributed by atoms with Gasteiger partial charge < -0.3 is 9.47 Å². The van der Waals surface area contributed by atoms with Gasteiger partial charge in [0.2, 0.25) is 0 Å². The molecule has 1 heterocycles. The predicted molar refractivity (Wildman–Crippen MR) is 130 cm³/mol. The molecule has 0 aliphatic heterocycles. The number of ether oxygens (including phenoxy) is 2. The van der Waals surface area contributed by atoms with Crippen LogP contribution in [0.15, 0.2) is 48.8 Å². The number of carbonyl (C=O) groups is 1. The molecule has 0 atom stereocenters. The highest BCUT2D eigenvalue weighted by Crippen LogP contribution is 2.19. The van der Waals surface area contributed by atoms with Crippen LogP contribution in [0.2, 0.25) is 0 Å². The molecule has 0 spiro atoms. The standard InChI is InChI=1S/C27H38N2O3/c1-3-5-6-7-8-11-14-26(30)32-25-21-28-27(29-22-25)24-17-15-23(16-18-24)13-10-9-12-20-31-19-4-2/h6-7,15-18,21-22H,3-5,8-14,19-20H2,1-2H3/b7-6-. The van der Waals surface area contributed by atoms with Crippen LogP contribution in [0.5, 0.6) is 5.75 Å². The zero-order chi connectivity index (χ0) is 22.9. The summed E-state index contributed by atoms with van der Waals surface area (Å²) in [5, 5.41) is 0. The van der Waals surface area contributed by atoms with Gasteiger partial charge in [-0.2, -0.15) is 0 Å². The molecule has 0 amide bonds. The van der Waals surface area contributed by atoms with E-state index in [0.29, 0.717) is 18.0 Å². The Labute approximate surface area is 193 Å². The van der Waals surface area contributed by atoms with Crippen molar-refractivity contribution < 1.29 is 14.3 Å². The molecule has 5 heteroatoms. The number of benzene rings is 1. The molecule has 2 rings (SSSR count). The first-order chi connectivity index (χ1) is 15.7. The molecule has 0 aliphatic carbocycles. The van der Waals surface area contributed by atoms with Crippen LogP contribution in [0.25, 0.3) is 11.4 Å². The number of aryl methyl sites for hydroxylation is 1. The van der Waals surface area contributed by atoms with Gasteiger partial charge in [0.1, 0.15) is 0 Å². The topological polar surface area (TPSA) is 61.3 Å². The van der Waals surface area contributed by atoms with Gasteiger partial charge in [-0.1, -0.05) is 63.1 Å². The Kier molecular flexibility index (Phi) is 13.0. The fraction of sp³-hybridized carbons (Fsp3) is 0.519. The van der Waals surface area contributed by atoms with Crippen LogP contribution in [-0.4, -0.2) is 29.2 Å². The number of unbranched alkanes of at least 4 members (excludes halogenated alkanes) is 4. The minimum absolute atomic E-state index is 0.244. The number of esters is 1. The number of carbonyl (C=O) groups excluding carboxylic acids is 1. The lowest BCUT2D eigenvalue weighted by molar-refractivity contribution is -0.134. The van der Waals surface area contributed by atoms with Gasteiger partial charge in [-0.25, -0.2) is 9.97 Å². The lowest BCUT2D eigenvalue weighted by atomic mass is 10.0. The van der Waals surface area contributed by atoms with Crippen LogP contribution >= 0.6 is 0 Å². The van der Waals surface area contributed by atoms with Gasteiger partial charge in [0.25, 0.3) is 0 Å². The van der Waals surface area contributed by atoms with Crippen molar-refractivity contribution in [3.63, 3.8) is 0 Å². The van der Waals surface area contributed by atoms with E-state index in [1.807, 2.05) is 12.1 Å². The summed E-state index contributed by atoms with van der Waals surface area (Å²) in [6.07, 6.45) is 17.4. The third-order valence-electron chi connectivity index (χ3n) is 5.05. The second-order valence-electron chi connectivity index (χ2n) is 7.99. The first-order valence-corrected chi connectivity index (χ1v) is 12.1. The largest absolute Gasteiger partial charge is 0.423 e. The van der Waals surface area contributed by atoms with Crippen molar-refractivity contribution in [2.75, 3.05) is 13.2 Å². The van der Waals surface area contributed by atoms with Crippen LogP contribution in [0.3, 0.4) is 0 Å². The van der Waals surface area contributed by atoms with Gasteiger partial charge in [0.05, 0.1) is 12.4 Å². The maximum atomic E-state index is 12.0. The maximum absolute atomic E-state index is 12.0. The van der Waals surface area contributed by atoms with E-state index in [2.05, 4.69) is 48.1 Å². The van der Waals surface area contributed by atoms with E-state index in [0.717, 1.165) is 63.7 Å². The minimum Gasteiger partial charge on any atom is -0.423 e. The van der Waals surface area contributed by atoms with Crippen molar-refractivity contribution in [1.82, 2.24) is 9.97 Å². The summed E-state index contributed by atoms with van der Waals surface area (Å²) in [6, 6.07) is 8.36. The molecule has 1 aromatic carbocycles. The van der Waals surface area contributed by atoms with Gasteiger partial charge >= 0.3 is 5.97 Å². The Morgan fingerprint density at radius 3 is 2.34 bits per heavy atom. The van der Waals surface area contributed by atoms with Crippen molar-refractivity contribution in [2.24, 2.45) is 0 Å². The average molecular weight is 439 g/mol. The number of rotatable bonds is 16. The Hall–Kier alpha value is -2.53. The summed E-state index contributed by atoms with van der Waals surface area (Å²) in [5.41, 5.74) is 2.27. The second kappa shape index (κ2) is 16.2. The van der Waals surface area contributed by atoms with E-state index in [-0.39, 0.29) is 5.97 Å². The second-order valence-corrected chi connectivity index (χ2v) is 7.99. The van der Waals surface area contributed by atoms with E-state index in [1.54, 1.807) is 12.4 Å². The van der Waals surface area contributed by atoms with E-state index in [4.69, 9.17) is 9.47 Å². The molecular weight excluding hydrogens is 400 g/mol. The number of hydrogen-bond acceptors (Lipinski definition) is 5. The van der Waals surface area contributed by atoms with Crippen molar-refractivity contribution >= 4 is 5.97 Å². The molecule has 0 fully saturated rings. The molecule has 32 heavy (non-hydrogen) atoms. The van der Waals surface area contributed by atoms with Crippen molar-refractivity contribution in [3.8, 4) is 17.1 Å². The van der Waals surface area contributed by atoms with Crippen LogP contribution in [0, 0.1) is 0 Å². The number of nitrogens with zero attached hydrogens (tertiary/aromatic N) is 2. The average Bonchev–Trinajstić information content (AvgIpc) is 2.82. The van der Waals surface area contributed by atoms with E-state index < -0.39 is 0 Å². The lowest BCUT2D eigenvalue weighted by Crippen LogP contribution is -2.08. The summed E-state index contributed by atoms with van der Waals surface area (Å²) >= 11 is 0. The molecule has 0 N–H and O–H groups in total. The molecule has 0 saturated heterocycles. The van der Waals surface area contributed by atoms with E-state index >= 15 is 0 Å². The zero-order valence-corrected chi connectivity index (χ0v) is 19.7. The Bertz CT molecular complexity index is 786. The summed E-state index contributed by atoms with van der Waals surface area (Å²) in [7, 11) is 0. The summed E-state index contributed by atoms with van der Waals surface area (Å²) in [6.45, 7) is 6.02. The molecule has 2 aromatic rings. The number of hydrogen-bond donors (Lipinski definition) is 0. The summed E-state index contributed by atoms with van der Waals surface area (Å²) < 4.78 is 10.9. The van der Waals surface area contributed by atoms with Gasteiger partial charge in [0.15, 0.2) is 11.6 Å². The van der Waals surface area contributed by atoms with Crippen molar-refractivity contribution in [2.45, 2.75) is 78.1 Å². The quantitative estimate of drug-likeness (QED) is 0.165. The highest BCUT2D eigenvalue weighted by atomic mass is 16.5. The van der Waals surface area contributed by atoms with Gasteiger partial charge in [0, 0.05) is 25.2 Å². The smallest absolute Gasteiger partial charge is 0.311 e. The Morgan fingerprint density at radius 2 is 1.62 bits per heavy atom. The lowest BCUT2D eigenvalue weighted by Gasteiger charge is -2.06. The summed E-state index contributed by atoms with van der Waals surface area (Å²) in [4.78, 5) is 20.7. The van der Waals surface area contributed by atoms with Crippen LogP contribution in [0.1, 0.15) is 77.2 Å². The normalized spacial score (nSPS) is 11.2. The first kappa shape index (κ1) is 25.7. The molecule has 5 nitrogen and oxygen atoms in total. The van der Waals surface area contributed by atoms with Gasteiger partial charge in [-0.15, -0.1) is 0 Å². The fourth-order valence-electron chi connectivity index (χ4n) is 3.24. The molecule has 0 bridgehead atoms. The van der Waals surface area contributed by atoms with Crippen LogP contribution in [0.4, 0.5) is 0 Å².